The van der Waals surface area contributed by atoms with E-state index in [2.05, 4.69) is 0 Å². The first kappa shape index (κ1) is 5.10. The van der Waals surface area contributed by atoms with Gasteiger partial charge in [0, 0.05) is 14.0 Å². The number of hydrogen-bond donors (Lipinski definition) is 1. The van der Waals surface area contributed by atoms with Crippen molar-refractivity contribution >= 4 is 8.37 Å². The Morgan fingerprint density at radius 1 is 1.60 bits per heavy atom. The molecule has 0 radical (unpaired) electrons. The van der Waals surface area contributed by atoms with Crippen molar-refractivity contribution in [2.75, 3.05) is 0 Å². The maximum Gasteiger partial charge on any atom is 0.0124 e. The lowest BCUT2D eigenvalue weighted by atomic mass is 10.6. The zero-order valence-corrected chi connectivity index (χ0v) is 4.42. The smallest absolute Gasteiger partial charge is 0.0124 e. The van der Waals surface area contributed by atoms with Crippen molar-refractivity contribution in [3.05, 3.63) is 0 Å². The van der Waals surface area contributed by atoms with Crippen LogP contribution in [-0.2, 0) is 0 Å². The summed E-state index contributed by atoms with van der Waals surface area (Å²) in [5, 5.41) is 6.63. The maximum absolute atomic E-state index is 6.63. The van der Waals surface area contributed by atoms with Gasteiger partial charge in [0.15, 0.2) is 0 Å². The molecule has 0 atom stereocenters. The van der Waals surface area contributed by atoms with Crippen LogP contribution < -0.4 is 0 Å². The van der Waals surface area contributed by atoms with Gasteiger partial charge in [0.1, 0.15) is 0 Å². The molecule has 1 nitrogen and oxygen atoms in total. The topological polar surface area (TPSA) is 23.9 Å². The minimum atomic E-state index is 0.523. The fourth-order valence-electron chi connectivity index (χ4n) is 0. The summed E-state index contributed by atoms with van der Waals surface area (Å²) in [6, 6.07) is 0. The molecule has 0 fully saturated rings. The van der Waals surface area contributed by atoms with Gasteiger partial charge in [-0.1, -0.05) is 13.8 Å². The Balaban J connectivity index is 2.83. The Morgan fingerprint density at radius 2 is 1.80 bits per heavy atom. The molecule has 0 heterocycles. The molecule has 0 aromatic carbocycles. The van der Waals surface area contributed by atoms with Gasteiger partial charge >= 0.3 is 0 Å². The Morgan fingerprint density at radius 3 is 1.80 bits per heavy atom. The first-order chi connectivity index (χ1) is 2.27. The first-order valence-electron chi connectivity index (χ1n) is 1.64. The number of hydrogen-bond acceptors (Lipinski definition) is 1. The van der Waals surface area contributed by atoms with Crippen LogP contribution in [0.25, 0.3) is 0 Å². The lowest BCUT2D eigenvalue weighted by Gasteiger charge is -1.80. The summed E-state index contributed by atoms with van der Waals surface area (Å²) in [6.45, 7) is 4.04. The largest absolute Gasteiger partial charge is 0.284 e. The van der Waals surface area contributed by atoms with Crippen molar-refractivity contribution in [3.63, 3.8) is 0 Å². The van der Waals surface area contributed by atoms with E-state index in [-0.39, 0.29) is 0 Å². The first-order valence-corrected chi connectivity index (χ1v) is 2.60. The van der Waals surface area contributed by atoms with Gasteiger partial charge < -0.3 is 0 Å². The summed E-state index contributed by atoms with van der Waals surface area (Å²) >= 11 is 0. The molecular weight excluding hydrogens is 81.0 g/mol. The van der Waals surface area contributed by atoms with Crippen molar-refractivity contribution in [1.82, 2.24) is 0 Å². The maximum atomic E-state index is 6.63. The van der Waals surface area contributed by atoms with Gasteiger partial charge in [0.2, 0.25) is 0 Å². The summed E-state index contributed by atoms with van der Waals surface area (Å²) in [5.41, 5.74) is 0.523. The van der Waals surface area contributed by atoms with Crippen LogP contribution in [0.2, 0.25) is 0 Å². The third kappa shape index (κ3) is 4.10. The minimum absolute atomic E-state index is 0.523. The van der Waals surface area contributed by atoms with E-state index in [0.29, 0.717) is 5.66 Å². The number of nitrogens with one attached hydrogen (secondary N) is 1. The lowest BCUT2D eigenvalue weighted by Crippen LogP contribution is -1.71. The normalized spacial score (nSPS) is 10.2. The monoisotopic (exact) mass is 89.0 g/mol. The van der Waals surface area contributed by atoms with Gasteiger partial charge in [-0.25, -0.2) is 0 Å². The average Bonchev–Trinajstić information content (AvgIpc) is 1.38. The zero-order chi connectivity index (χ0) is 4.28. The van der Waals surface area contributed by atoms with Gasteiger partial charge in [-0.15, -0.1) is 0 Å². The fraction of sp³-hybridized carbons (Fsp3) is 1.00. The average molecular weight is 89.1 g/mol. The van der Waals surface area contributed by atoms with E-state index in [1.165, 1.54) is 0 Å². The van der Waals surface area contributed by atoms with E-state index in [4.69, 9.17) is 5.16 Å². The van der Waals surface area contributed by atoms with Crippen LogP contribution in [0.15, 0.2) is 0 Å². The van der Waals surface area contributed by atoms with Gasteiger partial charge in [0.05, 0.1) is 0 Å². The second-order valence-corrected chi connectivity index (χ2v) is 2.51. The molecule has 0 bridgehead atoms. The molecule has 0 unspecified atom stereocenters. The van der Waals surface area contributed by atoms with Crippen molar-refractivity contribution < 1.29 is 0 Å². The van der Waals surface area contributed by atoms with Crippen LogP contribution >= 0.6 is 8.37 Å². The standard InChI is InChI=1S/C3H8NP/c1-3(2)5-4/h3-4H,1-2H3. The highest BCUT2D eigenvalue weighted by atomic mass is 31.1. The molecule has 30 valence electrons. The third-order valence-corrected chi connectivity index (χ3v) is 0.775. The second-order valence-electron chi connectivity index (χ2n) is 1.22. The van der Waals surface area contributed by atoms with Crippen LogP contribution in [-0.4, -0.2) is 5.66 Å². The highest BCUT2D eigenvalue weighted by molar-refractivity contribution is 7.25. The molecule has 0 aromatic rings. The minimum Gasteiger partial charge on any atom is -0.284 e. The Labute approximate surface area is 34.1 Å². The van der Waals surface area contributed by atoms with Crippen LogP contribution in [0.1, 0.15) is 13.8 Å². The summed E-state index contributed by atoms with van der Waals surface area (Å²) in [4.78, 5) is 0. The molecule has 0 saturated carbocycles. The predicted octanol–water partition coefficient (Wildman–Crippen LogP) is 2.10. The van der Waals surface area contributed by atoms with Crippen LogP contribution in [0, 0.1) is 5.16 Å². The predicted molar refractivity (Wildman–Crippen MR) is 24.8 cm³/mol. The van der Waals surface area contributed by atoms with Crippen molar-refractivity contribution in [3.8, 4) is 0 Å². The van der Waals surface area contributed by atoms with E-state index in [1.807, 2.05) is 13.8 Å². The van der Waals surface area contributed by atoms with Crippen LogP contribution in [0.4, 0.5) is 0 Å². The van der Waals surface area contributed by atoms with E-state index in [9.17, 15) is 0 Å². The van der Waals surface area contributed by atoms with Gasteiger partial charge in [-0.05, 0) is 0 Å². The molecule has 5 heavy (non-hydrogen) atoms. The van der Waals surface area contributed by atoms with Crippen molar-refractivity contribution in [2.45, 2.75) is 19.5 Å². The number of rotatable bonds is 1. The van der Waals surface area contributed by atoms with Gasteiger partial charge in [0.25, 0.3) is 0 Å². The van der Waals surface area contributed by atoms with E-state index < -0.39 is 0 Å². The lowest BCUT2D eigenvalue weighted by molar-refractivity contribution is 1.10. The highest BCUT2D eigenvalue weighted by Crippen LogP contribution is 2.01. The van der Waals surface area contributed by atoms with E-state index in [0.717, 1.165) is 8.37 Å². The molecule has 0 spiro atoms. The summed E-state index contributed by atoms with van der Waals surface area (Å²) < 4.78 is 0. The van der Waals surface area contributed by atoms with Crippen LogP contribution in [0.3, 0.4) is 0 Å². The molecule has 0 saturated heterocycles. The second kappa shape index (κ2) is 2.34. The van der Waals surface area contributed by atoms with Crippen molar-refractivity contribution in [1.29, 1.82) is 5.16 Å². The summed E-state index contributed by atoms with van der Waals surface area (Å²) in [7, 11) is 0.747. The molecule has 2 heteroatoms. The SMILES string of the molecule is CC(C)P=N. The van der Waals surface area contributed by atoms with Gasteiger partial charge in [-0.3, -0.25) is 5.16 Å². The highest BCUT2D eigenvalue weighted by Gasteiger charge is 1.77. The Kier molecular flexibility index (Phi) is 2.39. The molecule has 0 amide bonds. The fourth-order valence-corrected chi connectivity index (χ4v) is 0. The molecule has 0 aliphatic heterocycles. The molecule has 0 aromatic heterocycles. The summed E-state index contributed by atoms with van der Waals surface area (Å²) in [5.74, 6) is 0. The quantitative estimate of drug-likeness (QED) is 0.475. The Bertz CT molecular complexity index is 33.9. The van der Waals surface area contributed by atoms with Gasteiger partial charge in [-0.2, -0.15) is 0 Å². The van der Waals surface area contributed by atoms with E-state index in [1.54, 1.807) is 0 Å². The molecule has 0 rings (SSSR count). The summed E-state index contributed by atoms with van der Waals surface area (Å²) in [6.07, 6.45) is 0. The van der Waals surface area contributed by atoms with Crippen molar-refractivity contribution in [2.24, 2.45) is 0 Å². The molecular formula is C3H8NP. The van der Waals surface area contributed by atoms with E-state index >= 15 is 0 Å². The zero-order valence-electron chi connectivity index (χ0n) is 3.52. The molecule has 1 N–H and O–H groups in total. The molecule has 0 aliphatic rings. The Hall–Kier alpha value is 0.100. The molecule has 0 aliphatic carbocycles. The van der Waals surface area contributed by atoms with Crippen LogP contribution in [0.5, 0.6) is 0 Å². The third-order valence-electron chi connectivity index (χ3n) is 0.258.